The van der Waals surface area contributed by atoms with Crippen molar-refractivity contribution < 1.29 is 18.7 Å². The molecule has 0 saturated heterocycles. The molecule has 0 aliphatic heterocycles. The minimum atomic E-state index is -0.134. The lowest BCUT2D eigenvalue weighted by molar-refractivity contribution is -0.116. The third-order valence-electron chi connectivity index (χ3n) is 5.60. The van der Waals surface area contributed by atoms with Gasteiger partial charge in [-0.1, -0.05) is 18.2 Å². The summed E-state index contributed by atoms with van der Waals surface area (Å²) in [4.78, 5) is 13.7. The van der Waals surface area contributed by atoms with Crippen LogP contribution in [0.15, 0.2) is 64.6 Å². The van der Waals surface area contributed by atoms with Crippen molar-refractivity contribution in [1.29, 1.82) is 0 Å². The maximum Gasteiger partial charge on any atom is 0.244 e. The minimum Gasteiger partial charge on any atom is -0.494 e. The number of ether oxygens (including phenoxy) is 2. The molecule has 0 fully saturated rings. The van der Waals surface area contributed by atoms with Crippen LogP contribution in [-0.2, 0) is 11.3 Å². The van der Waals surface area contributed by atoms with E-state index in [2.05, 4.69) is 11.4 Å². The molecule has 0 unspecified atom stereocenters. The van der Waals surface area contributed by atoms with Gasteiger partial charge in [0.1, 0.15) is 17.1 Å². The van der Waals surface area contributed by atoms with E-state index < -0.39 is 0 Å². The fourth-order valence-corrected chi connectivity index (χ4v) is 4.62. The van der Waals surface area contributed by atoms with Crippen LogP contribution in [0.3, 0.4) is 0 Å². The molecule has 0 spiro atoms. The molecule has 34 heavy (non-hydrogen) atoms. The van der Waals surface area contributed by atoms with Crippen LogP contribution in [0.2, 0.25) is 0 Å². The van der Waals surface area contributed by atoms with Crippen molar-refractivity contribution in [3.05, 3.63) is 76.2 Å². The van der Waals surface area contributed by atoms with Crippen LogP contribution >= 0.6 is 11.3 Å². The molecule has 1 N–H and O–H groups in total. The van der Waals surface area contributed by atoms with Gasteiger partial charge in [0.15, 0.2) is 0 Å². The van der Waals surface area contributed by atoms with E-state index in [1.807, 2.05) is 69.5 Å². The third-order valence-corrected chi connectivity index (χ3v) is 6.47. The molecule has 0 aliphatic carbocycles. The molecule has 0 aliphatic rings. The molecule has 0 atom stereocenters. The second-order valence-electron chi connectivity index (χ2n) is 7.92. The fraction of sp³-hybridized carbons (Fsp3) is 0.250. The Morgan fingerprint density at radius 2 is 1.88 bits per heavy atom. The number of carbonyl (C=O) groups excluding carboxylic acids is 1. The van der Waals surface area contributed by atoms with E-state index in [1.165, 1.54) is 0 Å². The molecule has 2 heterocycles. The fourth-order valence-electron chi connectivity index (χ4n) is 3.97. The second kappa shape index (κ2) is 10.6. The first-order valence-corrected chi connectivity index (χ1v) is 12.3. The molecular weight excluding hydrogens is 446 g/mol. The molecule has 0 saturated carbocycles. The summed E-state index contributed by atoms with van der Waals surface area (Å²) in [7, 11) is 0. The van der Waals surface area contributed by atoms with Crippen LogP contribution in [0.1, 0.15) is 36.8 Å². The molecule has 1 amide bonds. The molecule has 0 radical (unpaired) electrons. The van der Waals surface area contributed by atoms with Crippen molar-refractivity contribution in [2.24, 2.45) is 0 Å². The highest BCUT2D eigenvalue weighted by atomic mass is 32.1. The SMILES string of the molecule is CCOc1ccc(-c2coc3c(C)c(OCC)c(/C(C)=C/C(=O)NCc4cccs4)cc23)cc1. The van der Waals surface area contributed by atoms with Gasteiger partial charge in [0.05, 0.1) is 26.0 Å². The zero-order valence-corrected chi connectivity index (χ0v) is 20.8. The number of amides is 1. The molecule has 176 valence electrons. The first-order chi connectivity index (χ1) is 16.5. The lowest BCUT2D eigenvalue weighted by Gasteiger charge is -2.15. The summed E-state index contributed by atoms with van der Waals surface area (Å²) in [6.45, 7) is 9.51. The van der Waals surface area contributed by atoms with Crippen LogP contribution < -0.4 is 14.8 Å². The number of furan rings is 1. The Balaban J connectivity index is 1.71. The van der Waals surface area contributed by atoms with Crippen LogP contribution in [-0.4, -0.2) is 19.1 Å². The number of rotatable bonds is 9. The van der Waals surface area contributed by atoms with Crippen LogP contribution in [0.5, 0.6) is 11.5 Å². The van der Waals surface area contributed by atoms with Crippen molar-refractivity contribution in [2.45, 2.75) is 34.2 Å². The second-order valence-corrected chi connectivity index (χ2v) is 8.95. The number of allylic oxidation sites excluding steroid dienone is 1. The molecular formula is C28H29NO4S. The number of aryl methyl sites for hydroxylation is 1. The van der Waals surface area contributed by atoms with Gasteiger partial charge in [0.25, 0.3) is 0 Å². The van der Waals surface area contributed by atoms with Crippen LogP contribution in [0.25, 0.3) is 27.7 Å². The van der Waals surface area contributed by atoms with Gasteiger partial charge in [-0.15, -0.1) is 11.3 Å². The quantitative estimate of drug-likeness (QED) is 0.265. The maximum atomic E-state index is 12.6. The summed E-state index contributed by atoms with van der Waals surface area (Å²) in [6.07, 6.45) is 3.41. The topological polar surface area (TPSA) is 60.7 Å². The third kappa shape index (κ3) is 5.02. The number of carbonyl (C=O) groups is 1. The Labute approximate surface area is 204 Å². The van der Waals surface area contributed by atoms with E-state index in [-0.39, 0.29) is 5.91 Å². The Hall–Kier alpha value is -3.51. The zero-order valence-electron chi connectivity index (χ0n) is 19.9. The number of benzene rings is 2. The Morgan fingerprint density at radius 1 is 1.12 bits per heavy atom. The highest BCUT2D eigenvalue weighted by Gasteiger charge is 2.19. The van der Waals surface area contributed by atoms with Gasteiger partial charge in [-0.25, -0.2) is 0 Å². The largest absolute Gasteiger partial charge is 0.494 e. The first kappa shape index (κ1) is 23.6. The van der Waals surface area contributed by atoms with Gasteiger partial charge in [0, 0.05) is 33.0 Å². The predicted octanol–water partition coefficient (Wildman–Crippen LogP) is 6.99. The monoisotopic (exact) mass is 475 g/mol. The summed E-state index contributed by atoms with van der Waals surface area (Å²) < 4.78 is 17.6. The first-order valence-electron chi connectivity index (χ1n) is 11.4. The average Bonchev–Trinajstić information content (AvgIpc) is 3.50. The van der Waals surface area contributed by atoms with Gasteiger partial charge in [-0.3, -0.25) is 4.79 Å². The highest BCUT2D eigenvalue weighted by Crippen LogP contribution is 2.41. The lowest BCUT2D eigenvalue weighted by Crippen LogP contribution is -2.20. The number of thiophene rings is 1. The summed E-state index contributed by atoms with van der Waals surface area (Å²) in [5, 5.41) is 5.94. The van der Waals surface area contributed by atoms with Crippen molar-refractivity contribution in [1.82, 2.24) is 5.32 Å². The predicted molar refractivity (Wildman–Crippen MR) is 139 cm³/mol. The summed E-state index contributed by atoms with van der Waals surface area (Å²) in [5.41, 5.74) is 5.43. The standard InChI is InChI=1S/C28H29NO4S/c1-5-31-21-11-9-20(10-12-21)25-17-33-28-19(4)27(32-6-2)23(15-24(25)28)18(3)14-26(30)29-16-22-8-7-13-34-22/h7-15,17H,5-6,16H2,1-4H3,(H,29,30)/b18-14+. The number of nitrogens with one attached hydrogen (secondary N) is 1. The smallest absolute Gasteiger partial charge is 0.244 e. The zero-order chi connectivity index (χ0) is 24.1. The van der Waals surface area contributed by atoms with Crippen LogP contribution in [0, 0.1) is 6.92 Å². The summed E-state index contributed by atoms with van der Waals surface area (Å²) in [5.74, 6) is 1.44. The Bertz CT molecular complexity index is 1300. The number of hydrogen-bond donors (Lipinski definition) is 1. The molecule has 2 aromatic carbocycles. The maximum absolute atomic E-state index is 12.6. The molecule has 4 rings (SSSR count). The van der Waals surface area contributed by atoms with E-state index >= 15 is 0 Å². The minimum absolute atomic E-state index is 0.134. The van der Waals surface area contributed by atoms with Crippen molar-refractivity contribution in [3.8, 4) is 22.6 Å². The van der Waals surface area contributed by atoms with E-state index in [1.54, 1.807) is 23.7 Å². The molecule has 4 aromatic rings. The summed E-state index contributed by atoms with van der Waals surface area (Å²) in [6, 6.07) is 14.0. The molecule has 0 bridgehead atoms. The molecule has 5 nitrogen and oxygen atoms in total. The molecule has 2 aromatic heterocycles. The van der Waals surface area contributed by atoms with E-state index in [0.717, 1.165) is 55.2 Å². The van der Waals surface area contributed by atoms with Crippen LogP contribution in [0.4, 0.5) is 0 Å². The van der Waals surface area contributed by atoms with E-state index in [4.69, 9.17) is 13.9 Å². The molecule has 6 heteroatoms. The van der Waals surface area contributed by atoms with E-state index in [0.29, 0.717) is 19.8 Å². The Kier molecular flexibility index (Phi) is 7.38. The van der Waals surface area contributed by atoms with Crippen molar-refractivity contribution in [3.63, 3.8) is 0 Å². The van der Waals surface area contributed by atoms with Gasteiger partial charge < -0.3 is 19.2 Å². The average molecular weight is 476 g/mol. The van der Waals surface area contributed by atoms with Crippen molar-refractivity contribution >= 4 is 33.8 Å². The number of hydrogen-bond acceptors (Lipinski definition) is 5. The Morgan fingerprint density at radius 3 is 2.56 bits per heavy atom. The summed E-state index contributed by atoms with van der Waals surface area (Å²) >= 11 is 1.62. The van der Waals surface area contributed by atoms with Gasteiger partial charge in [-0.05, 0) is 68.5 Å². The highest BCUT2D eigenvalue weighted by molar-refractivity contribution is 7.09. The van der Waals surface area contributed by atoms with E-state index in [9.17, 15) is 4.79 Å². The van der Waals surface area contributed by atoms with Gasteiger partial charge in [0.2, 0.25) is 5.91 Å². The van der Waals surface area contributed by atoms with Gasteiger partial charge in [-0.2, -0.15) is 0 Å². The van der Waals surface area contributed by atoms with Crippen molar-refractivity contribution in [2.75, 3.05) is 13.2 Å². The number of fused-ring (bicyclic) bond motifs is 1. The normalized spacial score (nSPS) is 11.6. The van der Waals surface area contributed by atoms with Gasteiger partial charge >= 0.3 is 0 Å². The lowest BCUT2D eigenvalue weighted by atomic mass is 9.96.